The van der Waals surface area contributed by atoms with Crippen molar-refractivity contribution in [3.8, 4) is 0 Å². The van der Waals surface area contributed by atoms with Crippen LogP contribution >= 0.6 is 22.6 Å². The van der Waals surface area contributed by atoms with E-state index in [1.54, 1.807) is 42.3 Å². The second kappa shape index (κ2) is 7.00. The number of carbonyl (C=O) groups is 1. The highest BCUT2D eigenvalue weighted by Gasteiger charge is 2.20. The predicted octanol–water partition coefficient (Wildman–Crippen LogP) is 3.53. The van der Waals surface area contributed by atoms with Crippen LogP contribution in [0.2, 0.25) is 0 Å². The van der Waals surface area contributed by atoms with E-state index in [1.165, 1.54) is 6.26 Å². The molecule has 2 aromatic carbocycles. The first kappa shape index (κ1) is 17.9. The van der Waals surface area contributed by atoms with E-state index in [4.69, 9.17) is 0 Å². The van der Waals surface area contributed by atoms with Crippen LogP contribution in [0.25, 0.3) is 0 Å². The second-order valence-electron chi connectivity index (χ2n) is 5.41. The average molecular weight is 443 g/mol. The molecule has 0 saturated carbocycles. The molecule has 0 aliphatic heterocycles. The van der Waals surface area contributed by atoms with Gasteiger partial charge >= 0.3 is 0 Å². The Kier molecular flexibility index (Phi) is 5.46. The van der Waals surface area contributed by atoms with Gasteiger partial charge in [-0.1, -0.05) is 24.3 Å². The van der Waals surface area contributed by atoms with Gasteiger partial charge in [-0.2, -0.15) is 0 Å². The Morgan fingerprint density at radius 3 is 2.17 bits per heavy atom. The van der Waals surface area contributed by atoms with Gasteiger partial charge in [-0.3, -0.25) is 4.79 Å². The smallest absolute Gasteiger partial charge is 0.255 e. The van der Waals surface area contributed by atoms with Gasteiger partial charge in [0.15, 0.2) is 9.84 Å². The van der Waals surface area contributed by atoms with E-state index < -0.39 is 9.84 Å². The van der Waals surface area contributed by atoms with Crippen LogP contribution in [0.15, 0.2) is 53.4 Å². The number of halogens is 1. The third kappa shape index (κ3) is 4.11. The molecule has 2 aromatic rings. The maximum Gasteiger partial charge on any atom is 0.255 e. The maximum absolute atomic E-state index is 12.6. The van der Waals surface area contributed by atoms with E-state index in [9.17, 15) is 13.2 Å². The van der Waals surface area contributed by atoms with Gasteiger partial charge in [0.05, 0.1) is 16.5 Å². The van der Waals surface area contributed by atoms with Crippen molar-refractivity contribution < 1.29 is 13.2 Å². The van der Waals surface area contributed by atoms with Crippen molar-refractivity contribution in [2.45, 2.75) is 17.9 Å². The number of hydrogen-bond donors (Lipinski definition) is 0. The van der Waals surface area contributed by atoms with E-state index in [2.05, 4.69) is 22.6 Å². The zero-order valence-corrected chi connectivity index (χ0v) is 16.1. The lowest BCUT2D eigenvalue weighted by Gasteiger charge is -2.26. The summed E-state index contributed by atoms with van der Waals surface area (Å²) >= 11 is 2.15. The Morgan fingerprint density at radius 1 is 1.09 bits per heavy atom. The van der Waals surface area contributed by atoms with Crippen LogP contribution in [-0.4, -0.2) is 32.5 Å². The first-order chi connectivity index (χ1) is 10.7. The molecule has 0 bridgehead atoms. The molecule has 0 aliphatic rings. The van der Waals surface area contributed by atoms with Crippen molar-refractivity contribution in [1.29, 1.82) is 0 Å². The van der Waals surface area contributed by atoms with Crippen molar-refractivity contribution in [2.24, 2.45) is 0 Å². The average Bonchev–Trinajstić information content (AvgIpc) is 2.52. The molecular formula is C17H18INO3S. The normalized spacial score (nSPS) is 12.7. The molecule has 4 nitrogen and oxygen atoms in total. The maximum atomic E-state index is 12.6. The molecule has 0 saturated heterocycles. The fraction of sp³-hybridized carbons (Fsp3) is 0.235. The molecule has 0 heterocycles. The quantitative estimate of drug-likeness (QED) is 0.680. The summed E-state index contributed by atoms with van der Waals surface area (Å²) < 4.78 is 23.9. The fourth-order valence-electron chi connectivity index (χ4n) is 2.22. The number of nitrogens with zero attached hydrogens (tertiary/aromatic N) is 1. The molecular weight excluding hydrogens is 425 g/mol. The lowest BCUT2D eigenvalue weighted by atomic mass is 10.1. The van der Waals surface area contributed by atoms with Gasteiger partial charge in [-0.05, 0) is 59.3 Å². The van der Waals surface area contributed by atoms with Gasteiger partial charge in [-0.15, -0.1) is 0 Å². The van der Waals surface area contributed by atoms with Crippen LogP contribution < -0.4 is 0 Å². The van der Waals surface area contributed by atoms with Crippen molar-refractivity contribution in [3.05, 3.63) is 63.2 Å². The molecule has 0 aromatic heterocycles. The standard InChI is InChI=1S/C17H18INO3S/c1-12(13-8-10-14(11-9-13)23(3,21)22)19(2)17(20)15-6-4-5-7-16(15)18/h4-12H,1-3H3. The van der Waals surface area contributed by atoms with E-state index in [1.807, 2.05) is 25.1 Å². The van der Waals surface area contributed by atoms with Crippen molar-refractivity contribution in [2.75, 3.05) is 13.3 Å². The lowest BCUT2D eigenvalue weighted by Crippen LogP contribution is -2.30. The van der Waals surface area contributed by atoms with Gasteiger partial charge in [0.2, 0.25) is 0 Å². The molecule has 6 heteroatoms. The molecule has 0 N–H and O–H groups in total. The van der Waals surface area contributed by atoms with Crippen molar-refractivity contribution >= 4 is 38.3 Å². The van der Waals surface area contributed by atoms with Gasteiger partial charge in [0.1, 0.15) is 0 Å². The van der Waals surface area contributed by atoms with Gasteiger partial charge in [0.25, 0.3) is 5.91 Å². The summed E-state index contributed by atoms with van der Waals surface area (Å²) in [7, 11) is -1.46. The van der Waals surface area contributed by atoms with Gasteiger partial charge < -0.3 is 4.90 Å². The fourth-order valence-corrected chi connectivity index (χ4v) is 3.47. The highest BCUT2D eigenvalue weighted by molar-refractivity contribution is 14.1. The van der Waals surface area contributed by atoms with Crippen molar-refractivity contribution in [3.63, 3.8) is 0 Å². The summed E-state index contributed by atoms with van der Waals surface area (Å²) in [6.07, 6.45) is 1.18. The molecule has 0 fully saturated rings. The molecule has 1 amide bonds. The van der Waals surface area contributed by atoms with E-state index >= 15 is 0 Å². The number of benzene rings is 2. The number of sulfone groups is 1. The Bertz CT molecular complexity index is 816. The van der Waals surface area contributed by atoms with E-state index in [0.29, 0.717) is 5.56 Å². The van der Waals surface area contributed by atoms with Crippen LogP contribution in [0.3, 0.4) is 0 Å². The highest BCUT2D eigenvalue weighted by Crippen LogP contribution is 2.23. The predicted molar refractivity (Wildman–Crippen MR) is 99.2 cm³/mol. The molecule has 122 valence electrons. The highest BCUT2D eigenvalue weighted by atomic mass is 127. The SMILES string of the molecule is CC(c1ccc(S(C)(=O)=O)cc1)N(C)C(=O)c1ccccc1I. The number of carbonyl (C=O) groups excluding carboxylic acids is 1. The molecule has 23 heavy (non-hydrogen) atoms. The van der Waals surface area contributed by atoms with Crippen LogP contribution in [0.4, 0.5) is 0 Å². The van der Waals surface area contributed by atoms with E-state index in [0.717, 1.165) is 9.13 Å². The van der Waals surface area contributed by atoms with Crippen LogP contribution in [0.1, 0.15) is 28.9 Å². The monoisotopic (exact) mass is 443 g/mol. The summed E-state index contributed by atoms with van der Waals surface area (Å²) in [5.74, 6) is -0.0605. The number of rotatable bonds is 4. The second-order valence-corrected chi connectivity index (χ2v) is 8.59. The lowest BCUT2D eigenvalue weighted by molar-refractivity contribution is 0.0741. The Morgan fingerprint density at radius 2 is 1.65 bits per heavy atom. The minimum atomic E-state index is -3.21. The molecule has 1 unspecified atom stereocenters. The first-order valence-corrected chi connectivity index (χ1v) is 10.0. The summed E-state index contributed by atoms with van der Waals surface area (Å²) in [6.45, 7) is 1.92. The van der Waals surface area contributed by atoms with Gasteiger partial charge in [-0.25, -0.2) is 8.42 Å². The number of hydrogen-bond acceptors (Lipinski definition) is 3. The van der Waals surface area contributed by atoms with Crippen molar-refractivity contribution in [1.82, 2.24) is 4.90 Å². The topological polar surface area (TPSA) is 54.5 Å². The number of amides is 1. The summed E-state index contributed by atoms with van der Waals surface area (Å²) in [4.78, 5) is 14.6. The first-order valence-electron chi connectivity index (χ1n) is 7.03. The Hall–Kier alpha value is -1.41. The minimum Gasteiger partial charge on any atom is -0.335 e. The summed E-state index contributed by atoms with van der Waals surface area (Å²) in [5, 5.41) is 0. The van der Waals surface area contributed by atoms with E-state index in [-0.39, 0.29) is 16.8 Å². The Balaban J connectivity index is 2.24. The molecule has 2 rings (SSSR count). The van der Waals surface area contributed by atoms with Crippen LogP contribution in [0, 0.1) is 3.57 Å². The molecule has 1 atom stereocenters. The summed E-state index contributed by atoms with van der Waals surface area (Å²) in [5.41, 5.74) is 1.55. The molecule has 0 radical (unpaired) electrons. The largest absolute Gasteiger partial charge is 0.335 e. The minimum absolute atomic E-state index is 0.0605. The zero-order chi connectivity index (χ0) is 17.2. The van der Waals surface area contributed by atoms with Crippen LogP contribution in [-0.2, 0) is 9.84 Å². The zero-order valence-electron chi connectivity index (χ0n) is 13.2. The molecule has 0 spiro atoms. The summed E-state index contributed by atoms with van der Waals surface area (Å²) in [6, 6.07) is 13.9. The third-order valence-electron chi connectivity index (χ3n) is 3.80. The van der Waals surface area contributed by atoms with Crippen LogP contribution in [0.5, 0.6) is 0 Å². The van der Waals surface area contributed by atoms with Gasteiger partial charge in [0, 0.05) is 16.9 Å². The Labute approximate surface area is 150 Å². The molecule has 0 aliphatic carbocycles. The third-order valence-corrected chi connectivity index (χ3v) is 5.87.